The summed E-state index contributed by atoms with van der Waals surface area (Å²) in [6.45, 7) is 17.6. The minimum atomic E-state index is -0.866. The molecule has 0 amide bonds. The van der Waals surface area contributed by atoms with E-state index in [4.69, 9.17) is 66.3 Å². The van der Waals surface area contributed by atoms with E-state index >= 15 is 0 Å². The number of carbonyl (C=O) groups is 1. The van der Waals surface area contributed by atoms with Crippen molar-refractivity contribution in [2.45, 2.75) is 302 Å². The van der Waals surface area contributed by atoms with E-state index in [1.165, 1.54) is 0 Å². The molecule has 0 saturated carbocycles. The maximum Gasteiger partial charge on any atom is 0.308 e. The van der Waals surface area contributed by atoms with Crippen molar-refractivity contribution in [2.24, 2.45) is 23.7 Å². The van der Waals surface area contributed by atoms with Crippen molar-refractivity contribution >= 4 is 5.97 Å². The Labute approximate surface area is 449 Å². The molecule has 28 atom stereocenters. The summed E-state index contributed by atoms with van der Waals surface area (Å²) in [7, 11) is 1.70. The van der Waals surface area contributed by atoms with Crippen molar-refractivity contribution in [1.29, 1.82) is 0 Å². The fraction of sp³-hybridized carbons (Fsp3) is 0.915. The zero-order valence-corrected chi connectivity index (χ0v) is 45.7. The smallest absolute Gasteiger partial charge is 0.308 e. The van der Waals surface area contributed by atoms with Crippen molar-refractivity contribution in [3.63, 3.8) is 0 Å². The number of ether oxygens (including phenoxy) is 14. The SMILES string of the molecule is C=C1C2C[C@@H]3O[C@H]4C[C@H]5O[C@@]6(CC[C@H]([C@@H](C)C[C@]7(OC)C[C@H](C)C8O[C@H](CO)[C@H](O)CC8O7)O6)C[C@H]5O[C@H]4[C@H](C)[C@H]3OC(=O)C[C@H]3CC[C@@H]4O[C@@H]5C[C@@H](O[C@@]6(CC[C@H]7CC(=C)[C@H](CC[C@@H](C[C@H]1C)O2)O7)CC[C@@H]5O6)[C@H]4O3. The van der Waals surface area contributed by atoms with Crippen LogP contribution in [-0.2, 0) is 71.1 Å². The van der Waals surface area contributed by atoms with E-state index in [0.717, 1.165) is 81.8 Å². The molecule has 13 fully saturated rings. The van der Waals surface area contributed by atoms with E-state index in [-0.39, 0.29) is 146 Å². The van der Waals surface area contributed by atoms with Crippen LogP contribution in [0.15, 0.2) is 24.3 Å². The number of rotatable bonds is 5. The Kier molecular flexibility index (Phi) is 14.8. The second-order valence-electron chi connectivity index (χ2n) is 26.3. The highest BCUT2D eigenvalue weighted by Gasteiger charge is 2.61. The monoisotopic (exact) mass is 1070 g/mol. The van der Waals surface area contributed by atoms with Crippen LogP contribution in [0.2, 0.25) is 0 Å². The Morgan fingerprint density at radius 2 is 1.33 bits per heavy atom. The average Bonchev–Trinajstić information content (AvgIpc) is 4.24. The molecule has 17 heteroatoms. The highest BCUT2D eigenvalue weighted by molar-refractivity contribution is 5.70. The Morgan fingerprint density at radius 3 is 2.17 bits per heavy atom. The first-order chi connectivity index (χ1) is 36.6. The lowest BCUT2D eigenvalue weighted by Crippen LogP contribution is -2.61. The van der Waals surface area contributed by atoms with Crippen LogP contribution in [0.3, 0.4) is 0 Å². The predicted octanol–water partition coefficient (Wildman–Crippen LogP) is 6.82. The van der Waals surface area contributed by atoms with E-state index < -0.39 is 41.8 Å². The summed E-state index contributed by atoms with van der Waals surface area (Å²) >= 11 is 0. The van der Waals surface area contributed by atoms with Gasteiger partial charge in [0.2, 0.25) is 0 Å². The average molecular weight is 1070 g/mol. The van der Waals surface area contributed by atoms with Crippen LogP contribution in [0.1, 0.15) is 156 Å². The quantitative estimate of drug-likeness (QED) is 0.215. The second-order valence-corrected chi connectivity index (χ2v) is 26.3. The van der Waals surface area contributed by atoms with Crippen molar-refractivity contribution in [1.82, 2.24) is 0 Å². The van der Waals surface area contributed by atoms with Crippen LogP contribution in [0.5, 0.6) is 0 Å². The van der Waals surface area contributed by atoms with E-state index in [9.17, 15) is 15.0 Å². The van der Waals surface area contributed by atoms with Gasteiger partial charge in [0, 0.05) is 77.2 Å². The predicted molar refractivity (Wildman–Crippen MR) is 270 cm³/mol. The number of aliphatic hydroxyl groups excluding tert-OH is 2. The molecular formula is C59H88O17. The first kappa shape index (κ1) is 53.6. The summed E-state index contributed by atoms with van der Waals surface area (Å²) in [4.78, 5) is 14.5. The topological polar surface area (TPSA) is 187 Å². The maximum absolute atomic E-state index is 14.5. The number of hydrogen-bond acceptors (Lipinski definition) is 17. The van der Waals surface area contributed by atoms with E-state index in [2.05, 4.69) is 40.9 Å². The van der Waals surface area contributed by atoms with Gasteiger partial charge in [0.1, 0.15) is 18.3 Å². The van der Waals surface area contributed by atoms with Crippen LogP contribution in [0.4, 0.5) is 0 Å². The van der Waals surface area contributed by atoms with Gasteiger partial charge in [-0.1, -0.05) is 40.9 Å². The molecule has 0 aliphatic carbocycles. The summed E-state index contributed by atoms with van der Waals surface area (Å²) in [6, 6.07) is 0. The first-order valence-electron chi connectivity index (χ1n) is 29.9. The third-order valence-corrected chi connectivity index (χ3v) is 21.0. The molecule has 17 nitrogen and oxygen atoms in total. The molecule has 76 heavy (non-hydrogen) atoms. The fourth-order valence-corrected chi connectivity index (χ4v) is 16.9. The minimum Gasteiger partial charge on any atom is -0.459 e. The van der Waals surface area contributed by atoms with Gasteiger partial charge in [-0.2, -0.15) is 0 Å². The van der Waals surface area contributed by atoms with Gasteiger partial charge in [-0.05, 0) is 86.7 Å². The van der Waals surface area contributed by atoms with Crippen molar-refractivity contribution < 1.29 is 81.3 Å². The highest BCUT2D eigenvalue weighted by Crippen LogP contribution is 2.53. The highest BCUT2D eigenvalue weighted by atomic mass is 16.7. The number of carbonyl (C=O) groups excluding carboxylic acids is 1. The van der Waals surface area contributed by atoms with Crippen LogP contribution in [0.25, 0.3) is 0 Å². The largest absolute Gasteiger partial charge is 0.459 e. The van der Waals surface area contributed by atoms with Crippen molar-refractivity contribution in [3.05, 3.63) is 24.3 Å². The summed E-state index contributed by atoms with van der Waals surface area (Å²) in [5, 5.41) is 20.5. The molecule has 0 aromatic rings. The van der Waals surface area contributed by atoms with Crippen LogP contribution in [-0.4, -0.2) is 175 Å². The molecule has 0 aromatic carbocycles. The summed E-state index contributed by atoms with van der Waals surface area (Å²) < 4.78 is 95.3. The summed E-state index contributed by atoms with van der Waals surface area (Å²) in [5.41, 5.74) is 2.19. The molecule has 2 spiro atoms. The summed E-state index contributed by atoms with van der Waals surface area (Å²) in [5.74, 6) is -2.48. The van der Waals surface area contributed by atoms with Crippen LogP contribution >= 0.6 is 0 Å². The van der Waals surface area contributed by atoms with E-state index in [0.29, 0.717) is 51.4 Å². The molecule has 13 saturated heterocycles. The molecule has 13 heterocycles. The third-order valence-electron chi connectivity index (χ3n) is 21.0. The zero-order chi connectivity index (χ0) is 52.4. The van der Waals surface area contributed by atoms with Gasteiger partial charge in [-0.25, -0.2) is 0 Å². The number of aliphatic hydroxyl groups is 2. The molecular weight excluding hydrogens is 981 g/mol. The Balaban J connectivity index is 0.707. The summed E-state index contributed by atoms with van der Waals surface area (Å²) in [6.07, 6.45) is 8.29. The lowest BCUT2D eigenvalue weighted by Gasteiger charge is -2.51. The third kappa shape index (κ3) is 10.1. The number of esters is 1. The molecule has 0 radical (unpaired) electrons. The van der Waals surface area contributed by atoms with Crippen molar-refractivity contribution in [2.75, 3.05) is 13.7 Å². The molecule has 2 N–H and O–H groups in total. The fourth-order valence-electron chi connectivity index (χ4n) is 16.9. The number of fused-ring (bicyclic) bond motifs is 12. The molecule has 426 valence electrons. The minimum absolute atomic E-state index is 0.00411. The molecule has 13 aliphatic rings. The van der Waals surface area contributed by atoms with Crippen LogP contribution < -0.4 is 0 Å². The standard InChI is InChI=1S/C59H88O17/c1-29-18-35-8-10-39-30(2)19-37(64-39)12-15-57-16-14-41(73-57)44-23-49(75-57)56-42(67-44)11-9-36(66-56)20-52(62)71-55-34(6)54-47(68-46(55)22-43(65-35)33(29)5)24-45-50(69-54)27-58(74-45)17-13-40(72-58)31(3)25-59(63-7)26-32(4)53-48(76-59)21-38(61)51(28-60)70-53/h29,31-32,34-51,53-56,60-61H,2,5,8-28H2,1,3-4,6-7H3/t29-,31+,32+,34+,35+,36-,37+,38-,39+,40-,41+,42+,43?,44-,45-,46+,47+,48?,49-,50-,51-,53?,54+,55-,56+,57+,58+,59-/m1/s1. The van der Waals surface area contributed by atoms with Gasteiger partial charge in [0.05, 0.1) is 123 Å². The Hall–Kier alpha value is -1.65. The zero-order valence-electron chi connectivity index (χ0n) is 45.7. The Bertz CT molecular complexity index is 2150. The molecule has 3 unspecified atom stereocenters. The van der Waals surface area contributed by atoms with Gasteiger partial charge >= 0.3 is 5.97 Å². The molecule has 0 aromatic heterocycles. The first-order valence-corrected chi connectivity index (χ1v) is 29.9. The number of hydrogen-bond donors (Lipinski definition) is 2. The molecule has 10 bridgehead atoms. The van der Waals surface area contributed by atoms with E-state index in [1.807, 2.05) is 0 Å². The van der Waals surface area contributed by atoms with Gasteiger partial charge < -0.3 is 76.5 Å². The van der Waals surface area contributed by atoms with Crippen molar-refractivity contribution in [3.8, 4) is 0 Å². The normalized spacial score (nSPS) is 54.6. The lowest BCUT2D eigenvalue weighted by molar-refractivity contribution is -0.339. The maximum atomic E-state index is 14.5. The second kappa shape index (κ2) is 21.0. The van der Waals surface area contributed by atoms with Gasteiger partial charge in [-0.3, -0.25) is 4.79 Å². The van der Waals surface area contributed by atoms with Crippen LogP contribution in [0, 0.1) is 23.7 Å². The molecule has 13 rings (SSSR count). The van der Waals surface area contributed by atoms with Gasteiger partial charge in [-0.15, -0.1) is 0 Å². The van der Waals surface area contributed by atoms with Gasteiger partial charge in [0.15, 0.2) is 17.4 Å². The lowest BCUT2D eigenvalue weighted by atomic mass is 9.79. The Morgan fingerprint density at radius 1 is 0.605 bits per heavy atom. The number of methoxy groups -OCH3 is 1. The molecule has 13 aliphatic heterocycles. The van der Waals surface area contributed by atoms with Gasteiger partial charge in [0.25, 0.3) is 0 Å². The van der Waals surface area contributed by atoms with E-state index in [1.54, 1.807) is 7.11 Å².